The Labute approximate surface area is 226 Å². The molecule has 1 saturated heterocycles. The van der Waals surface area contributed by atoms with E-state index in [1.807, 2.05) is 6.92 Å². The molecule has 2 unspecified atom stereocenters. The minimum atomic E-state index is -0.968. The summed E-state index contributed by atoms with van der Waals surface area (Å²) in [5, 5.41) is 11.6. The molecule has 11 heteroatoms. The van der Waals surface area contributed by atoms with Crippen molar-refractivity contribution in [2.75, 3.05) is 59.3 Å². The molecule has 0 aromatic heterocycles. The van der Waals surface area contributed by atoms with E-state index in [1.165, 1.54) is 18.2 Å². The number of rotatable bonds is 24. The van der Waals surface area contributed by atoms with Gasteiger partial charge in [0.15, 0.2) is 5.72 Å². The molecule has 214 valence electrons. The van der Waals surface area contributed by atoms with Crippen molar-refractivity contribution in [1.82, 2.24) is 21.3 Å². The van der Waals surface area contributed by atoms with Crippen LogP contribution in [0.1, 0.15) is 26.2 Å². The minimum absolute atomic E-state index is 0.0900. The van der Waals surface area contributed by atoms with Crippen LogP contribution < -0.4 is 21.3 Å². The first-order chi connectivity index (χ1) is 18.3. The predicted molar refractivity (Wildman–Crippen MR) is 145 cm³/mol. The third kappa shape index (κ3) is 13.1. The highest BCUT2D eigenvalue weighted by molar-refractivity contribution is 5.87. The Morgan fingerprint density at radius 2 is 1.21 bits per heavy atom. The van der Waals surface area contributed by atoms with Crippen LogP contribution >= 0.6 is 0 Å². The highest BCUT2D eigenvalue weighted by atomic mass is 16.6. The fourth-order valence-corrected chi connectivity index (χ4v) is 3.45. The zero-order valence-corrected chi connectivity index (χ0v) is 22.6. The molecule has 1 aliphatic rings. The van der Waals surface area contributed by atoms with Crippen LogP contribution in [0.3, 0.4) is 0 Å². The van der Waals surface area contributed by atoms with Crippen molar-refractivity contribution in [3.8, 4) is 0 Å². The van der Waals surface area contributed by atoms with E-state index < -0.39 is 11.3 Å². The van der Waals surface area contributed by atoms with Gasteiger partial charge in [-0.2, -0.15) is 0 Å². The van der Waals surface area contributed by atoms with Crippen molar-refractivity contribution < 1.29 is 33.3 Å². The van der Waals surface area contributed by atoms with Crippen LogP contribution in [0.4, 0.5) is 0 Å². The highest BCUT2D eigenvalue weighted by Crippen LogP contribution is 2.33. The minimum Gasteiger partial charge on any atom is -0.379 e. The van der Waals surface area contributed by atoms with E-state index in [2.05, 4.69) is 47.6 Å². The summed E-state index contributed by atoms with van der Waals surface area (Å²) in [7, 11) is 0. The molecular weight excluding hydrogens is 492 g/mol. The number of hydrogen-bond donors (Lipinski definition) is 4. The Bertz CT molecular complexity index is 772. The van der Waals surface area contributed by atoms with Crippen LogP contribution in [-0.2, 0) is 33.3 Å². The maximum Gasteiger partial charge on any atom is 0.244 e. The molecule has 1 rings (SSSR count). The molecule has 11 nitrogen and oxygen atoms in total. The lowest BCUT2D eigenvalue weighted by atomic mass is 10.0. The Balaban J connectivity index is 2.62. The molecule has 0 spiro atoms. The van der Waals surface area contributed by atoms with E-state index in [0.29, 0.717) is 58.7 Å². The van der Waals surface area contributed by atoms with Crippen molar-refractivity contribution in [2.24, 2.45) is 0 Å². The monoisotopic (exact) mass is 536 g/mol. The van der Waals surface area contributed by atoms with Crippen molar-refractivity contribution >= 4 is 17.7 Å². The summed E-state index contributed by atoms with van der Waals surface area (Å²) in [5.41, 5.74) is -1.43. The van der Waals surface area contributed by atoms with Gasteiger partial charge in [-0.05, 0) is 50.5 Å². The van der Waals surface area contributed by atoms with Gasteiger partial charge >= 0.3 is 0 Å². The molecular formula is C27H44N4O7. The summed E-state index contributed by atoms with van der Waals surface area (Å²) in [6.45, 7) is 19.2. The Morgan fingerprint density at radius 3 is 1.58 bits per heavy atom. The number of hydrogen-bond acceptors (Lipinski definition) is 8. The number of carbonyl (C=O) groups is 3. The van der Waals surface area contributed by atoms with E-state index in [-0.39, 0.29) is 43.6 Å². The van der Waals surface area contributed by atoms with Crippen molar-refractivity contribution in [1.29, 1.82) is 0 Å². The Morgan fingerprint density at radius 1 is 0.789 bits per heavy atom. The standard InChI is InChI=1S/C27H44N4O7/c1-6-23(32)28-13-10-16-35-19-26(31-25(34)8-3,20-36-17-11-14-29-24(33)7-2)21-37-18-12-15-30-27(9-4)22(5)38-27/h6-9,22,30H,1-4,10-21H2,5H3,(H,28,32)(H,29,33)(H,31,34). The molecule has 0 aliphatic carbocycles. The summed E-state index contributed by atoms with van der Waals surface area (Å²) in [6.07, 6.45) is 7.31. The van der Waals surface area contributed by atoms with Gasteiger partial charge in [0.2, 0.25) is 17.7 Å². The molecule has 3 amide bonds. The van der Waals surface area contributed by atoms with Crippen LogP contribution in [0.2, 0.25) is 0 Å². The summed E-state index contributed by atoms with van der Waals surface area (Å²) < 4.78 is 23.2. The van der Waals surface area contributed by atoms with E-state index in [4.69, 9.17) is 18.9 Å². The molecule has 0 aromatic rings. The molecule has 1 aliphatic heterocycles. The molecule has 4 N–H and O–H groups in total. The lowest BCUT2D eigenvalue weighted by Crippen LogP contribution is -2.58. The average molecular weight is 537 g/mol. The van der Waals surface area contributed by atoms with Gasteiger partial charge < -0.3 is 34.9 Å². The number of nitrogens with one attached hydrogen (secondary N) is 4. The number of ether oxygens (including phenoxy) is 4. The third-order valence-corrected chi connectivity index (χ3v) is 5.70. The number of carbonyl (C=O) groups excluding carboxylic acids is 3. The molecule has 1 heterocycles. The van der Waals surface area contributed by atoms with Crippen molar-refractivity contribution in [3.05, 3.63) is 50.6 Å². The lowest BCUT2D eigenvalue weighted by molar-refractivity contribution is -0.123. The second-order valence-corrected chi connectivity index (χ2v) is 8.87. The van der Waals surface area contributed by atoms with Crippen LogP contribution in [0.15, 0.2) is 50.6 Å². The Hall–Kier alpha value is -2.83. The fourth-order valence-electron chi connectivity index (χ4n) is 3.45. The van der Waals surface area contributed by atoms with Gasteiger partial charge in [0.25, 0.3) is 0 Å². The van der Waals surface area contributed by atoms with Gasteiger partial charge in [0, 0.05) is 39.5 Å². The molecule has 0 aromatic carbocycles. The first-order valence-corrected chi connectivity index (χ1v) is 12.8. The second-order valence-electron chi connectivity index (χ2n) is 8.87. The average Bonchev–Trinajstić information content (AvgIpc) is 3.58. The zero-order valence-electron chi connectivity index (χ0n) is 22.6. The fraction of sp³-hybridized carbons (Fsp3) is 0.593. The second kappa shape index (κ2) is 18.4. The largest absolute Gasteiger partial charge is 0.379 e. The molecule has 0 radical (unpaired) electrons. The normalized spacial score (nSPS) is 18.2. The van der Waals surface area contributed by atoms with Gasteiger partial charge in [0.05, 0.1) is 19.8 Å². The van der Waals surface area contributed by atoms with Crippen LogP contribution in [0.25, 0.3) is 0 Å². The zero-order chi connectivity index (χ0) is 28.3. The van der Waals surface area contributed by atoms with Gasteiger partial charge in [-0.1, -0.05) is 26.3 Å². The maximum absolute atomic E-state index is 12.3. The molecule has 38 heavy (non-hydrogen) atoms. The van der Waals surface area contributed by atoms with E-state index in [1.54, 1.807) is 6.08 Å². The van der Waals surface area contributed by atoms with E-state index in [0.717, 1.165) is 0 Å². The molecule has 0 saturated carbocycles. The predicted octanol–water partition coefficient (Wildman–Crippen LogP) is 0.743. The summed E-state index contributed by atoms with van der Waals surface area (Å²) in [4.78, 5) is 34.9. The SMILES string of the molecule is C=CC(=O)NCCCOCC(COCCCNC(=O)C=C)(COCCCNC1(C=C)OC1C)NC(=O)C=C. The lowest BCUT2D eigenvalue weighted by Gasteiger charge is -2.34. The molecule has 2 atom stereocenters. The Kier molecular flexibility index (Phi) is 16.1. The highest BCUT2D eigenvalue weighted by Gasteiger charge is 2.50. The van der Waals surface area contributed by atoms with E-state index >= 15 is 0 Å². The number of epoxide rings is 1. The molecule has 0 bridgehead atoms. The van der Waals surface area contributed by atoms with Gasteiger partial charge in [-0.25, -0.2) is 0 Å². The van der Waals surface area contributed by atoms with E-state index in [9.17, 15) is 14.4 Å². The van der Waals surface area contributed by atoms with Crippen molar-refractivity contribution in [2.45, 2.75) is 43.6 Å². The number of amides is 3. The topological polar surface area (TPSA) is 140 Å². The van der Waals surface area contributed by atoms with Gasteiger partial charge in [-0.3, -0.25) is 19.7 Å². The maximum atomic E-state index is 12.3. The van der Waals surface area contributed by atoms with Gasteiger partial charge in [-0.15, -0.1) is 0 Å². The van der Waals surface area contributed by atoms with Gasteiger partial charge in [0.1, 0.15) is 11.6 Å². The van der Waals surface area contributed by atoms with Crippen LogP contribution in [-0.4, -0.2) is 94.4 Å². The quantitative estimate of drug-likeness (QED) is 0.0613. The summed E-state index contributed by atoms with van der Waals surface area (Å²) in [6, 6.07) is 0. The smallest absolute Gasteiger partial charge is 0.244 e. The molecule has 1 fully saturated rings. The first kappa shape index (κ1) is 33.2. The third-order valence-electron chi connectivity index (χ3n) is 5.70. The summed E-state index contributed by atoms with van der Waals surface area (Å²) >= 11 is 0. The first-order valence-electron chi connectivity index (χ1n) is 12.8. The van der Waals surface area contributed by atoms with Crippen LogP contribution in [0, 0.1) is 0 Å². The van der Waals surface area contributed by atoms with Crippen LogP contribution in [0.5, 0.6) is 0 Å². The van der Waals surface area contributed by atoms with Crippen molar-refractivity contribution in [3.63, 3.8) is 0 Å². The summed E-state index contributed by atoms with van der Waals surface area (Å²) in [5.74, 6) is -0.883.